The highest BCUT2D eigenvalue weighted by Gasteiger charge is 2.02. The molecule has 17 heavy (non-hydrogen) atoms. The van der Waals surface area contributed by atoms with Gasteiger partial charge in [0.15, 0.2) is 0 Å². The maximum absolute atomic E-state index is 5.79. The van der Waals surface area contributed by atoms with Crippen LogP contribution in [-0.2, 0) is 6.54 Å². The van der Waals surface area contributed by atoms with E-state index in [0.717, 1.165) is 11.5 Å². The first-order valence-corrected chi connectivity index (χ1v) is 5.54. The maximum Gasteiger partial charge on any atom is 0.144 e. The third kappa shape index (κ3) is 2.90. The van der Waals surface area contributed by atoms with Crippen molar-refractivity contribution >= 4 is 11.4 Å². The number of aromatic nitrogens is 2. The largest absolute Gasteiger partial charge is 0.492 e. The molecule has 5 nitrogen and oxygen atoms in total. The van der Waals surface area contributed by atoms with E-state index in [1.165, 1.54) is 0 Å². The summed E-state index contributed by atoms with van der Waals surface area (Å²) in [4.78, 5) is 7.16. The monoisotopic (exact) mass is 232 g/mol. The van der Waals surface area contributed by atoms with Gasteiger partial charge in [0.05, 0.1) is 18.8 Å². The topological polar surface area (TPSA) is 76.0 Å². The molecular weight excluding hydrogens is 216 g/mol. The number of H-pyrrole nitrogens is 1. The third-order valence-electron chi connectivity index (χ3n) is 2.33. The minimum absolute atomic E-state index is 0.603. The number of hydrogen-bond donors (Lipinski definition) is 3. The normalized spacial score (nSPS) is 10.2. The van der Waals surface area contributed by atoms with Crippen LogP contribution in [0.1, 0.15) is 12.7 Å². The molecule has 0 saturated carbocycles. The number of nitrogens with two attached hydrogens (primary N) is 1. The van der Waals surface area contributed by atoms with E-state index in [0.29, 0.717) is 24.6 Å². The minimum Gasteiger partial charge on any atom is -0.492 e. The van der Waals surface area contributed by atoms with Gasteiger partial charge in [-0.25, -0.2) is 4.98 Å². The van der Waals surface area contributed by atoms with Crippen LogP contribution in [0, 0.1) is 0 Å². The van der Waals surface area contributed by atoms with Gasteiger partial charge in [0.25, 0.3) is 0 Å². The first kappa shape index (κ1) is 11.3. The van der Waals surface area contributed by atoms with Gasteiger partial charge in [-0.2, -0.15) is 0 Å². The van der Waals surface area contributed by atoms with Crippen LogP contribution < -0.4 is 15.8 Å². The number of benzene rings is 1. The quantitative estimate of drug-likeness (QED) is 0.689. The zero-order valence-electron chi connectivity index (χ0n) is 9.73. The molecule has 4 N–H and O–H groups in total. The summed E-state index contributed by atoms with van der Waals surface area (Å²) in [6.45, 7) is 3.18. The molecule has 1 heterocycles. The molecule has 0 unspecified atom stereocenters. The van der Waals surface area contributed by atoms with E-state index in [-0.39, 0.29) is 0 Å². The van der Waals surface area contributed by atoms with Gasteiger partial charge >= 0.3 is 0 Å². The smallest absolute Gasteiger partial charge is 0.144 e. The summed E-state index contributed by atoms with van der Waals surface area (Å²) in [5.41, 5.74) is 7.40. The van der Waals surface area contributed by atoms with Crippen LogP contribution in [0.15, 0.2) is 30.6 Å². The molecule has 0 atom stereocenters. The highest BCUT2D eigenvalue weighted by Crippen LogP contribution is 2.25. The number of nitrogen functional groups attached to an aromatic ring is 1. The van der Waals surface area contributed by atoms with Crippen molar-refractivity contribution in [1.29, 1.82) is 0 Å². The molecule has 0 amide bonds. The van der Waals surface area contributed by atoms with E-state index in [1.807, 2.05) is 25.1 Å². The predicted octanol–water partition coefficient (Wildman–Crippen LogP) is 2.00. The Morgan fingerprint density at radius 2 is 2.35 bits per heavy atom. The molecular formula is C12H16N4O. The summed E-state index contributed by atoms with van der Waals surface area (Å²) in [6, 6.07) is 5.64. The average Bonchev–Trinajstić information content (AvgIpc) is 2.83. The van der Waals surface area contributed by atoms with E-state index in [4.69, 9.17) is 10.5 Å². The molecule has 0 fully saturated rings. The number of nitrogens with zero attached hydrogens (tertiary/aromatic N) is 1. The standard InChI is InChI=1S/C12H16N4O/c1-2-17-11-7-9(3-4-10(11)13)16-8-12-14-5-6-15-12/h3-7,16H,2,8,13H2,1H3,(H,14,15). The number of hydrogen-bond acceptors (Lipinski definition) is 4. The second-order valence-electron chi connectivity index (χ2n) is 3.58. The summed E-state index contributed by atoms with van der Waals surface area (Å²) in [5.74, 6) is 1.59. The number of anilines is 2. The molecule has 1 aromatic carbocycles. The van der Waals surface area contributed by atoms with Crippen LogP contribution >= 0.6 is 0 Å². The fraction of sp³-hybridized carbons (Fsp3) is 0.250. The molecule has 90 valence electrons. The number of rotatable bonds is 5. The molecule has 0 bridgehead atoms. The van der Waals surface area contributed by atoms with Gasteiger partial charge < -0.3 is 20.8 Å². The lowest BCUT2D eigenvalue weighted by Gasteiger charge is -2.10. The fourth-order valence-corrected chi connectivity index (χ4v) is 1.51. The van der Waals surface area contributed by atoms with Crippen LogP contribution in [0.25, 0.3) is 0 Å². The van der Waals surface area contributed by atoms with Gasteiger partial charge in [-0.15, -0.1) is 0 Å². The van der Waals surface area contributed by atoms with E-state index >= 15 is 0 Å². The van der Waals surface area contributed by atoms with Crippen molar-refractivity contribution in [3.8, 4) is 5.75 Å². The number of imidazole rings is 1. The lowest BCUT2D eigenvalue weighted by molar-refractivity contribution is 0.342. The van der Waals surface area contributed by atoms with Gasteiger partial charge in [0.1, 0.15) is 11.6 Å². The second kappa shape index (κ2) is 5.25. The second-order valence-corrected chi connectivity index (χ2v) is 3.58. The highest BCUT2D eigenvalue weighted by atomic mass is 16.5. The van der Waals surface area contributed by atoms with E-state index in [1.54, 1.807) is 12.4 Å². The molecule has 0 spiro atoms. The van der Waals surface area contributed by atoms with E-state index < -0.39 is 0 Å². The Morgan fingerprint density at radius 3 is 3.06 bits per heavy atom. The van der Waals surface area contributed by atoms with Crippen LogP contribution in [0.4, 0.5) is 11.4 Å². The van der Waals surface area contributed by atoms with Crippen LogP contribution in [0.3, 0.4) is 0 Å². The van der Waals surface area contributed by atoms with Gasteiger partial charge in [-0.05, 0) is 19.1 Å². The maximum atomic E-state index is 5.79. The van der Waals surface area contributed by atoms with Gasteiger partial charge in [-0.1, -0.05) is 0 Å². The van der Waals surface area contributed by atoms with Crippen molar-refractivity contribution in [2.45, 2.75) is 13.5 Å². The molecule has 0 aliphatic rings. The van der Waals surface area contributed by atoms with Crippen molar-refractivity contribution in [3.05, 3.63) is 36.4 Å². The van der Waals surface area contributed by atoms with E-state index in [9.17, 15) is 0 Å². The van der Waals surface area contributed by atoms with Crippen LogP contribution in [0.5, 0.6) is 5.75 Å². The zero-order valence-corrected chi connectivity index (χ0v) is 9.73. The van der Waals surface area contributed by atoms with Gasteiger partial charge in [-0.3, -0.25) is 0 Å². The summed E-state index contributed by atoms with van der Waals surface area (Å²) in [7, 11) is 0. The first-order valence-electron chi connectivity index (χ1n) is 5.54. The van der Waals surface area contributed by atoms with Crippen molar-refractivity contribution in [2.75, 3.05) is 17.7 Å². The summed E-state index contributed by atoms with van der Waals surface area (Å²) in [6.07, 6.45) is 3.53. The van der Waals surface area contributed by atoms with Crippen molar-refractivity contribution in [2.24, 2.45) is 0 Å². The molecule has 1 aromatic heterocycles. The SMILES string of the molecule is CCOc1cc(NCc2ncc[nH]2)ccc1N. The Kier molecular flexibility index (Phi) is 3.49. The molecule has 0 saturated heterocycles. The summed E-state index contributed by atoms with van der Waals surface area (Å²) < 4.78 is 5.43. The fourth-order valence-electron chi connectivity index (χ4n) is 1.51. The van der Waals surface area contributed by atoms with Crippen molar-refractivity contribution in [1.82, 2.24) is 9.97 Å². The summed E-state index contributed by atoms with van der Waals surface area (Å²) >= 11 is 0. The number of aromatic amines is 1. The lowest BCUT2D eigenvalue weighted by Crippen LogP contribution is -2.03. The Bertz CT molecular complexity index is 467. The van der Waals surface area contributed by atoms with Crippen LogP contribution in [-0.4, -0.2) is 16.6 Å². The van der Waals surface area contributed by atoms with Gasteiger partial charge in [0, 0.05) is 24.1 Å². The Morgan fingerprint density at radius 1 is 1.47 bits per heavy atom. The zero-order chi connectivity index (χ0) is 12.1. The van der Waals surface area contributed by atoms with Crippen molar-refractivity contribution in [3.63, 3.8) is 0 Å². The third-order valence-corrected chi connectivity index (χ3v) is 2.33. The van der Waals surface area contributed by atoms with Crippen LogP contribution in [0.2, 0.25) is 0 Å². The molecule has 0 aliphatic heterocycles. The molecule has 0 aliphatic carbocycles. The number of nitrogens with one attached hydrogen (secondary N) is 2. The number of ether oxygens (including phenoxy) is 1. The highest BCUT2D eigenvalue weighted by molar-refractivity contribution is 5.61. The Balaban J connectivity index is 2.03. The Hall–Kier alpha value is -2.17. The molecule has 2 aromatic rings. The lowest BCUT2D eigenvalue weighted by atomic mass is 10.2. The van der Waals surface area contributed by atoms with Gasteiger partial charge in [0.2, 0.25) is 0 Å². The molecule has 0 radical (unpaired) electrons. The van der Waals surface area contributed by atoms with Crippen molar-refractivity contribution < 1.29 is 4.74 Å². The average molecular weight is 232 g/mol. The van der Waals surface area contributed by atoms with E-state index in [2.05, 4.69) is 15.3 Å². The summed E-state index contributed by atoms with van der Waals surface area (Å²) in [5, 5.41) is 3.24. The minimum atomic E-state index is 0.603. The Labute approximate surface area is 100 Å². The molecule has 5 heteroatoms. The first-order chi connectivity index (χ1) is 8.29. The predicted molar refractivity (Wildman–Crippen MR) is 67.9 cm³/mol. The molecule has 2 rings (SSSR count).